The predicted molar refractivity (Wildman–Crippen MR) is 250 cm³/mol. The highest BCUT2D eigenvalue weighted by Gasteiger charge is 2.39. The van der Waals surface area contributed by atoms with Crippen LogP contribution in [0.5, 0.6) is 11.5 Å². The first kappa shape index (κ1) is 48.1. The van der Waals surface area contributed by atoms with E-state index in [0.717, 1.165) is 32.8 Å². The van der Waals surface area contributed by atoms with Crippen molar-refractivity contribution in [1.82, 2.24) is 0 Å². The summed E-state index contributed by atoms with van der Waals surface area (Å²) in [6.07, 6.45) is 0. The molecule has 4 aromatic rings. The molecule has 0 bridgehead atoms. The molecule has 2 N–H and O–H groups in total. The predicted octanol–water partition coefficient (Wildman–Crippen LogP) is 11.7. The van der Waals surface area contributed by atoms with Crippen molar-refractivity contribution in [2.45, 2.75) is 99.1 Å². The Hall–Kier alpha value is -3.57. The fraction of sp³-hybridized carbons (Fsp3) is 0.435. The summed E-state index contributed by atoms with van der Waals surface area (Å²) >= 11 is 3.48. The molecule has 0 unspecified atom stereocenters. The van der Waals surface area contributed by atoms with Gasteiger partial charge in [-0.05, 0) is 120 Å². The minimum atomic E-state index is -1.86. The molecule has 0 spiro atoms. The molecule has 0 aliphatic heterocycles. The number of carbonyl (C=O) groups excluding carboxylic acids is 2. The van der Waals surface area contributed by atoms with Gasteiger partial charge in [0.1, 0.15) is 24.7 Å². The molecule has 9 nitrogen and oxygen atoms in total. The molecule has 0 aliphatic carbocycles. The zero-order chi connectivity index (χ0) is 43.1. The van der Waals surface area contributed by atoms with Gasteiger partial charge in [-0.2, -0.15) is 0 Å². The van der Waals surface area contributed by atoms with E-state index < -0.39 is 16.6 Å². The summed E-state index contributed by atoms with van der Waals surface area (Å²) in [4.78, 5) is 26.9. The molecule has 4 rings (SSSR count). The average molecular weight is 877 g/mol. The number of thioether (sulfide) groups is 2. The minimum absolute atomic E-state index is 0.0766. The number of carbonyl (C=O) groups is 2. The van der Waals surface area contributed by atoms with Crippen molar-refractivity contribution >= 4 is 63.3 Å². The number of ether oxygens (including phenoxy) is 3. The maximum atomic E-state index is 12.4. The van der Waals surface area contributed by atoms with Crippen molar-refractivity contribution in [2.24, 2.45) is 0 Å². The Kier molecular flexibility index (Phi) is 18.2. The Balaban J connectivity index is 1.00. The smallest absolute Gasteiger partial charge is 0.250 e. The summed E-state index contributed by atoms with van der Waals surface area (Å²) in [7, 11) is -3.72. The highest BCUT2D eigenvalue weighted by atomic mass is 32.2. The van der Waals surface area contributed by atoms with E-state index in [4.69, 9.17) is 23.1 Å². The molecule has 4 aromatic carbocycles. The summed E-state index contributed by atoms with van der Waals surface area (Å²) in [5, 5.41) is 6.04. The van der Waals surface area contributed by atoms with Crippen LogP contribution in [-0.4, -0.2) is 68.1 Å². The second-order valence-electron chi connectivity index (χ2n) is 17.5. The molecule has 0 aromatic heterocycles. The third kappa shape index (κ3) is 16.8. The third-order valence-corrected chi connectivity index (χ3v) is 21.4. The van der Waals surface area contributed by atoms with E-state index in [-0.39, 0.29) is 48.3 Å². The Labute approximate surface area is 363 Å². The Morgan fingerprint density at radius 2 is 0.814 bits per heavy atom. The van der Waals surface area contributed by atoms with Crippen molar-refractivity contribution < 1.29 is 32.7 Å². The lowest BCUT2D eigenvalue weighted by molar-refractivity contribution is -0.121. The minimum Gasteiger partial charge on any atom is -0.544 e. The summed E-state index contributed by atoms with van der Waals surface area (Å²) in [6, 6.07) is 32.3. The molecule has 13 heteroatoms. The van der Waals surface area contributed by atoms with Crippen LogP contribution >= 0.6 is 23.5 Å². The Bertz CT molecular complexity index is 1760. The van der Waals surface area contributed by atoms with Gasteiger partial charge in [0.25, 0.3) is 0 Å². The zero-order valence-corrected chi connectivity index (χ0v) is 40.2. The lowest BCUT2D eigenvalue weighted by Gasteiger charge is -2.36. The van der Waals surface area contributed by atoms with Gasteiger partial charge in [-0.1, -0.05) is 65.8 Å². The molecule has 0 fully saturated rings. The van der Waals surface area contributed by atoms with Crippen LogP contribution in [0, 0.1) is 0 Å². The zero-order valence-electron chi connectivity index (χ0n) is 36.6. The number of nitrogens with one attached hydrogen (secondary N) is 2. The van der Waals surface area contributed by atoms with E-state index in [9.17, 15) is 9.59 Å². The molecule has 0 radical (unpaired) electrons. The van der Waals surface area contributed by atoms with Gasteiger partial charge in [0, 0.05) is 32.7 Å². The van der Waals surface area contributed by atoms with E-state index in [1.807, 2.05) is 48.5 Å². The lowest BCUT2D eigenvalue weighted by atomic mass is 10.2. The highest BCUT2D eigenvalue weighted by molar-refractivity contribution is 7.98. The van der Waals surface area contributed by atoms with Crippen LogP contribution in [0.2, 0.25) is 36.3 Å². The number of amides is 2. The molecule has 0 heterocycles. The van der Waals surface area contributed by atoms with Crippen LogP contribution in [0.25, 0.3) is 0 Å². The maximum absolute atomic E-state index is 12.4. The van der Waals surface area contributed by atoms with E-state index in [0.29, 0.717) is 24.6 Å². The molecular formula is C46H64N2O7S2Si2. The van der Waals surface area contributed by atoms with Crippen molar-refractivity contribution in [2.75, 3.05) is 50.3 Å². The van der Waals surface area contributed by atoms with E-state index in [1.54, 1.807) is 23.5 Å². The van der Waals surface area contributed by atoms with Gasteiger partial charge in [-0.3, -0.25) is 9.59 Å². The number of benzene rings is 4. The summed E-state index contributed by atoms with van der Waals surface area (Å²) in [6.45, 7) is 23.5. The second kappa shape index (κ2) is 22.3. The van der Waals surface area contributed by atoms with Crippen molar-refractivity contribution in [3.63, 3.8) is 0 Å². The summed E-state index contributed by atoms with van der Waals surface area (Å²) in [5.74, 6) is 3.07. The first-order valence-corrected chi connectivity index (χ1v) is 27.9. The normalized spacial score (nSPS) is 12.2. The number of rotatable bonds is 22. The maximum Gasteiger partial charge on any atom is 0.250 e. The molecule has 0 atom stereocenters. The first-order valence-electron chi connectivity index (χ1n) is 20.1. The SMILES string of the molecule is CC(C)(C)[Si](C)(C)Oc1ccc(CSc2ccc(NC(=O)COCCOCCOCC(=O)Nc3ccc(SCc4ccc(O[Si](C)(C)C(C)(C)C)cc4)cc3)cc2)cc1. The second-order valence-corrected chi connectivity index (χ2v) is 29.0. The van der Waals surface area contributed by atoms with Gasteiger partial charge in [-0.25, -0.2) is 0 Å². The fourth-order valence-electron chi connectivity index (χ4n) is 4.87. The lowest BCUT2D eigenvalue weighted by Crippen LogP contribution is -2.43. The van der Waals surface area contributed by atoms with Gasteiger partial charge < -0.3 is 33.7 Å². The topological polar surface area (TPSA) is 104 Å². The summed E-state index contributed by atoms with van der Waals surface area (Å²) < 4.78 is 29.2. The van der Waals surface area contributed by atoms with Crippen molar-refractivity contribution in [3.8, 4) is 11.5 Å². The molecule has 0 aliphatic rings. The van der Waals surface area contributed by atoms with Crippen LogP contribution < -0.4 is 19.5 Å². The summed E-state index contributed by atoms with van der Waals surface area (Å²) in [5.41, 5.74) is 3.87. The fourth-order valence-corrected chi connectivity index (χ4v) is 8.64. The molecule has 0 saturated carbocycles. The standard InChI is InChI=1S/C46H64N2O7S2Si2/c1-45(2,3)58(7,8)54-39-19-11-35(12-20-39)33-56-41-23-15-37(16-24-41)47-43(49)31-52-29-27-51-28-30-53-32-44(50)48-38-17-25-42(26-18-38)57-34-36-13-21-40(22-14-36)55-59(9,10)46(4,5)6/h11-26H,27-34H2,1-10H3,(H,47,49)(H,48,50). The quantitative estimate of drug-likeness (QED) is 0.0454. The van der Waals surface area contributed by atoms with Gasteiger partial charge in [0.2, 0.25) is 28.4 Å². The third-order valence-electron chi connectivity index (χ3n) is 10.5. The molecular weight excluding hydrogens is 813 g/mol. The van der Waals surface area contributed by atoms with Crippen LogP contribution in [-0.2, 0) is 35.3 Å². The van der Waals surface area contributed by atoms with Crippen LogP contribution in [0.3, 0.4) is 0 Å². The van der Waals surface area contributed by atoms with Crippen LogP contribution in [0.15, 0.2) is 107 Å². The molecule has 2 amide bonds. The largest absolute Gasteiger partial charge is 0.544 e. The highest BCUT2D eigenvalue weighted by Crippen LogP contribution is 2.39. The monoisotopic (exact) mass is 876 g/mol. The Morgan fingerprint density at radius 3 is 1.14 bits per heavy atom. The van der Waals surface area contributed by atoms with Crippen molar-refractivity contribution in [1.29, 1.82) is 0 Å². The van der Waals surface area contributed by atoms with Gasteiger partial charge >= 0.3 is 0 Å². The first-order chi connectivity index (χ1) is 27.8. The number of hydrogen-bond acceptors (Lipinski definition) is 9. The van der Waals surface area contributed by atoms with Crippen molar-refractivity contribution in [3.05, 3.63) is 108 Å². The Morgan fingerprint density at radius 1 is 0.492 bits per heavy atom. The van der Waals surface area contributed by atoms with Gasteiger partial charge in [0.15, 0.2) is 0 Å². The number of anilines is 2. The van der Waals surface area contributed by atoms with Crippen LogP contribution in [0.1, 0.15) is 52.7 Å². The van der Waals surface area contributed by atoms with E-state index in [1.165, 1.54) is 11.1 Å². The van der Waals surface area contributed by atoms with Crippen LogP contribution in [0.4, 0.5) is 11.4 Å². The molecule has 0 saturated heterocycles. The molecule has 59 heavy (non-hydrogen) atoms. The van der Waals surface area contributed by atoms with Gasteiger partial charge in [0.05, 0.1) is 26.4 Å². The average Bonchev–Trinajstić information content (AvgIpc) is 3.16. The van der Waals surface area contributed by atoms with E-state index >= 15 is 0 Å². The van der Waals surface area contributed by atoms with Gasteiger partial charge in [-0.15, -0.1) is 23.5 Å². The van der Waals surface area contributed by atoms with E-state index in [2.05, 4.69) is 127 Å². The number of hydrogen-bond donors (Lipinski definition) is 2. The molecule has 320 valence electrons.